The number of aryl methyl sites for hydroxylation is 1. The molecule has 24 heavy (non-hydrogen) atoms. The van der Waals surface area contributed by atoms with E-state index in [1.165, 1.54) is 23.0 Å². The van der Waals surface area contributed by atoms with E-state index in [-0.39, 0.29) is 18.0 Å². The first kappa shape index (κ1) is 15.0. The lowest BCUT2D eigenvalue weighted by atomic mass is 9.96. The van der Waals surface area contributed by atoms with E-state index in [4.69, 9.17) is 14.2 Å². The van der Waals surface area contributed by atoms with Crippen LogP contribution in [0.5, 0.6) is 0 Å². The summed E-state index contributed by atoms with van der Waals surface area (Å²) in [5.74, 6) is -0.804. The Morgan fingerprint density at radius 3 is 2.62 bits per heavy atom. The fraction of sp³-hybridized carbons (Fsp3) is 0.368. The molecular weight excluding hydrogens is 308 g/mol. The average Bonchev–Trinajstić information content (AvgIpc) is 3.14. The number of cyclic esters (lactones) is 1. The molecule has 0 amide bonds. The second kappa shape index (κ2) is 5.23. The summed E-state index contributed by atoms with van der Waals surface area (Å²) in [6.45, 7) is 5.79. The standard InChI is InChI=1S/C19H18O5/c1-9-4-5-12-7-13-14(8-22-15-6-10(2)18(20)23-15)19(21)24-17(13)16(12)11(9)3/h4-6,8,13,15,17H,7H2,1-3H3/b14-8+/t13-,15+,17+/m1/s1. The number of esters is 2. The third-order valence-corrected chi connectivity index (χ3v) is 5.10. The van der Waals surface area contributed by atoms with E-state index in [1.807, 2.05) is 0 Å². The Hall–Kier alpha value is -2.56. The van der Waals surface area contributed by atoms with E-state index in [0.29, 0.717) is 11.1 Å². The van der Waals surface area contributed by atoms with Crippen molar-refractivity contribution in [3.8, 4) is 0 Å². The summed E-state index contributed by atoms with van der Waals surface area (Å²) in [4.78, 5) is 23.6. The van der Waals surface area contributed by atoms with Crippen LogP contribution in [-0.4, -0.2) is 18.2 Å². The maximum atomic E-state index is 12.2. The van der Waals surface area contributed by atoms with Gasteiger partial charge in [-0.1, -0.05) is 12.1 Å². The molecule has 3 aliphatic rings. The number of benzene rings is 1. The number of carbonyl (C=O) groups excluding carboxylic acids is 2. The predicted octanol–water partition coefficient (Wildman–Crippen LogP) is 2.80. The molecule has 4 rings (SSSR count). The van der Waals surface area contributed by atoms with Crippen molar-refractivity contribution in [2.75, 3.05) is 0 Å². The summed E-state index contributed by atoms with van der Waals surface area (Å²) in [7, 11) is 0. The zero-order valence-corrected chi connectivity index (χ0v) is 13.8. The summed E-state index contributed by atoms with van der Waals surface area (Å²) in [5, 5.41) is 0. The number of ether oxygens (including phenoxy) is 3. The van der Waals surface area contributed by atoms with Crippen LogP contribution in [0.4, 0.5) is 0 Å². The quantitative estimate of drug-likeness (QED) is 0.475. The van der Waals surface area contributed by atoms with Crippen LogP contribution in [0, 0.1) is 19.8 Å². The molecule has 0 radical (unpaired) electrons. The molecule has 0 spiro atoms. The van der Waals surface area contributed by atoms with Crippen molar-refractivity contribution in [3.63, 3.8) is 0 Å². The van der Waals surface area contributed by atoms with Crippen LogP contribution in [-0.2, 0) is 30.2 Å². The second-order valence-electron chi connectivity index (χ2n) is 6.55. The monoisotopic (exact) mass is 326 g/mol. The van der Waals surface area contributed by atoms with Gasteiger partial charge in [0.1, 0.15) is 6.10 Å². The molecule has 0 aromatic heterocycles. The molecule has 2 aliphatic heterocycles. The molecule has 0 bridgehead atoms. The molecule has 1 aromatic carbocycles. The number of hydrogen-bond donors (Lipinski definition) is 0. The second-order valence-corrected chi connectivity index (χ2v) is 6.55. The van der Waals surface area contributed by atoms with Gasteiger partial charge in [-0.15, -0.1) is 0 Å². The van der Waals surface area contributed by atoms with Gasteiger partial charge in [0.15, 0.2) is 0 Å². The lowest BCUT2D eigenvalue weighted by Gasteiger charge is -2.13. The number of carbonyl (C=O) groups is 2. The van der Waals surface area contributed by atoms with E-state index < -0.39 is 12.3 Å². The van der Waals surface area contributed by atoms with E-state index >= 15 is 0 Å². The van der Waals surface area contributed by atoms with Gasteiger partial charge in [0.25, 0.3) is 6.29 Å². The number of hydrogen-bond acceptors (Lipinski definition) is 5. The Kier molecular flexibility index (Phi) is 3.27. The van der Waals surface area contributed by atoms with Crippen molar-refractivity contribution in [2.45, 2.75) is 39.6 Å². The number of rotatable bonds is 2. The molecule has 1 aromatic rings. The van der Waals surface area contributed by atoms with Gasteiger partial charge < -0.3 is 14.2 Å². The van der Waals surface area contributed by atoms with Crippen molar-refractivity contribution < 1.29 is 23.8 Å². The van der Waals surface area contributed by atoms with Crippen molar-refractivity contribution in [1.29, 1.82) is 0 Å². The molecule has 1 fully saturated rings. The normalized spacial score (nSPS) is 29.2. The van der Waals surface area contributed by atoms with Gasteiger partial charge >= 0.3 is 11.9 Å². The van der Waals surface area contributed by atoms with Gasteiger partial charge in [-0.05, 0) is 49.4 Å². The van der Waals surface area contributed by atoms with Crippen molar-refractivity contribution >= 4 is 11.9 Å². The van der Waals surface area contributed by atoms with Crippen LogP contribution < -0.4 is 0 Å². The largest absolute Gasteiger partial charge is 0.458 e. The first-order valence-corrected chi connectivity index (χ1v) is 8.00. The third kappa shape index (κ3) is 2.15. The summed E-state index contributed by atoms with van der Waals surface area (Å²) >= 11 is 0. The molecule has 5 heteroatoms. The minimum Gasteiger partial charge on any atom is -0.458 e. The fourth-order valence-electron chi connectivity index (χ4n) is 3.61. The van der Waals surface area contributed by atoms with E-state index in [1.54, 1.807) is 13.0 Å². The fourth-order valence-corrected chi connectivity index (χ4v) is 3.61. The Labute approximate surface area is 139 Å². The van der Waals surface area contributed by atoms with E-state index in [9.17, 15) is 9.59 Å². The summed E-state index contributed by atoms with van der Waals surface area (Å²) in [6.07, 6.45) is 2.72. The first-order valence-electron chi connectivity index (χ1n) is 8.00. The van der Waals surface area contributed by atoms with E-state index in [2.05, 4.69) is 26.0 Å². The molecule has 5 nitrogen and oxygen atoms in total. The van der Waals surface area contributed by atoms with Crippen LogP contribution >= 0.6 is 0 Å². The predicted molar refractivity (Wildman–Crippen MR) is 84.7 cm³/mol. The SMILES string of the molecule is CC1=C[C@@H](O/C=C2/C(=O)O[C@@H]3c4c(ccc(C)c4C)C[C@H]23)OC1=O. The first-order chi connectivity index (χ1) is 11.5. The molecule has 124 valence electrons. The summed E-state index contributed by atoms with van der Waals surface area (Å²) in [5.41, 5.74) is 5.72. The van der Waals surface area contributed by atoms with Crippen LogP contribution in [0.1, 0.15) is 35.3 Å². The highest BCUT2D eigenvalue weighted by Gasteiger charge is 2.47. The Morgan fingerprint density at radius 2 is 1.92 bits per heavy atom. The van der Waals surface area contributed by atoms with Crippen molar-refractivity contribution in [2.24, 2.45) is 5.92 Å². The van der Waals surface area contributed by atoms with Gasteiger partial charge in [-0.3, -0.25) is 0 Å². The third-order valence-electron chi connectivity index (χ3n) is 5.10. The van der Waals surface area contributed by atoms with Gasteiger partial charge in [-0.25, -0.2) is 9.59 Å². The van der Waals surface area contributed by atoms with Crippen LogP contribution in [0.2, 0.25) is 0 Å². The molecule has 0 N–H and O–H groups in total. The van der Waals surface area contributed by atoms with Gasteiger partial charge in [0.2, 0.25) is 0 Å². The van der Waals surface area contributed by atoms with Crippen LogP contribution in [0.25, 0.3) is 0 Å². The molecule has 2 heterocycles. The topological polar surface area (TPSA) is 61.8 Å². The maximum absolute atomic E-state index is 12.2. The maximum Gasteiger partial charge on any atom is 0.338 e. The molecule has 1 saturated heterocycles. The highest BCUT2D eigenvalue weighted by molar-refractivity contribution is 5.92. The summed E-state index contributed by atoms with van der Waals surface area (Å²) < 4.78 is 16.1. The summed E-state index contributed by atoms with van der Waals surface area (Å²) in [6, 6.07) is 4.20. The average molecular weight is 326 g/mol. The molecule has 0 unspecified atom stereocenters. The van der Waals surface area contributed by atoms with Gasteiger partial charge in [0.05, 0.1) is 11.8 Å². The Bertz CT molecular complexity index is 817. The van der Waals surface area contributed by atoms with E-state index in [0.717, 1.165) is 12.0 Å². The van der Waals surface area contributed by atoms with Crippen LogP contribution in [0.15, 0.2) is 35.6 Å². The van der Waals surface area contributed by atoms with Crippen molar-refractivity contribution in [1.82, 2.24) is 0 Å². The van der Waals surface area contributed by atoms with Gasteiger partial charge in [0, 0.05) is 17.6 Å². The Morgan fingerprint density at radius 1 is 1.12 bits per heavy atom. The zero-order valence-electron chi connectivity index (χ0n) is 13.8. The van der Waals surface area contributed by atoms with Gasteiger partial charge in [-0.2, -0.15) is 0 Å². The number of fused-ring (bicyclic) bond motifs is 3. The minimum atomic E-state index is -0.774. The highest BCUT2D eigenvalue weighted by atomic mass is 16.7. The molecular formula is C19H18O5. The smallest absolute Gasteiger partial charge is 0.338 e. The molecule has 0 saturated carbocycles. The molecule has 1 aliphatic carbocycles. The lowest BCUT2D eigenvalue weighted by Crippen LogP contribution is -2.11. The zero-order chi connectivity index (χ0) is 17.0. The van der Waals surface area contributed by atoms with Crippen LogP contribution in [0.3, 0.4) is 0 Å². The Balaban J connectivity index is 1.59. The lowest BCUT2D eigenvalue weighted by molar-refractivity contribution is -0.152. The van der Waals surface area contributed by atoms with Crippen molar-refractivity contribution in [3.05, 3.63) is 57.9 Å². The molecule has 3 atom stereocenters. The minimum absolute atomic E-state index is 0.0461. The highest BCUT2D eigenvalue weighted by Crippen LogP contribution is 2.49.